The van der Waals surface area contributed by atoms with E-state index in [0.717, 1.165) is 19.1 Å². The van der Waals surface area contributed by atoms with E-state index in [1.165, 1.54) is 0 Å². The molecular formula is C12H25N3O3S. The minimum absolute atomic E-state index is 0.0231. The monoisotopic (exact) mass is 291 g/mol. The summed E-state index contributed by atoms with van der Waals surface area (Å²) in [7, 11) is -3.21. The molecule has 1 rings (SSSR count). The van der Waals surface area contributed by atoms with Crippen molar-refractivity contribution in [3.8, 4) is 0 Å². The number of carbonyl (C=O) groups is 1. The van der Waals surface area contributed by atoms with Gasteiger partial charge in [0, 0.05) is 24.7 Å². The lowest BCUT2D eigenvalue weighted by Crippen LogP contribution is -2.52. The van der Waals surface area contributed by atoms with Gasteiger partial charge in [-0.15, -0.1) is 0 Å². The summed E-state index contributed by atoms with van der Waals surface area (Å²) in [4.78, 5) is 13.8. The van der Waals surface area contributed by atoms with Crippen LogP contribution < -0.4 is 10.0 Å². The number of hydrogen-bond acceptors (Lipinski definition) is 4. The molecule has 0 bridgehead atoms. The molecule has 19 heavy (non-hydrogen) atoms. The lowest BCUT2D eigenvalue weighted by molar-refractivity contribution is -0.131. The highest BCUT2D eigenvalue weighted by Gasteiger charge is 2.25. The van der Waals surface area contributed by atoms with Gasteiger partial charge in [-0.25, -0.2) is 13.1 Å². The van der Waals surface area contributed by atoms with Crippen molar-refractivity contribution in [3.05, 3.63) is 0 Å². The molecule has 0 aliphatic carbocycles. The van der Waals surface area contributed by atoms with Crippen LogP contribution in [0.4, 0.5) is 0 Å². The molecule has 0 spiro atoms. The van der Waals surface area contributed by atoms with Crippen LogP contribution in [-0.2, 0) is 14.8 Å². The predicted molar refractivity (Wildman–Crippen MR) is 75.3 cm³/mol. The number of likely N-dealkylation sites (tertiary alicyclic amines) is 1. The molecule has 7 heteroatoms. The highest BCUT2D eigenvalue weighted by atomic mass is 32.2. The minimum Gasteiger partial charge on any atom is -0.340 e. The summed E-state index contributed by atoms with van der Waals surface area (Å²) in [6, 6.07) is -0.165. The Bertz CT molecular complexity index is 414. The van der Waals surface area contributed by atoms with Gasteiger partial charge in [-0.1, -0.05) is 0 Å². The summed E-state index contributed by atoms with van der Waals surface area (Å²) in [5, 5.41) is 3.15. The van der Waals surface area contributed by atoms with Crippen molar-refractivity contribution in [2.45, 2.75) is 45.2 Å². The van der Waals surface area contributed by atoms with Crippen LogP contribution in [0.15, 0.2) is 0 Å². The fourth-order valence-electron chi connectivity index (χ4n) is 2.06. The van der Waals surface area contributed by atoms with Gasteiger partial charge in [0.25, 0.3) is 0 Å². The molecule has 0 aromatic heterocycles. The third-order valence-corrected chi connectivity index (χ3v) is 3.69. The van der Waals surface area contributed by atoms with Crippen LogP contribution in [0.25, 0.3) is 0 Å². The molecule has 1 fully saturated rings. The SMILES string of the molecule is CC(C)(C)NCC(=O)N1CCCC(NS(C)(=O)=O)C1. The van der Waals surface area contributed by atoms with Gasteiger partial charge >= 0.3 is 0 Å². The van der Waals surface area contributed by atoms with Gasteiger partial charge in [0.05, 0.1) is 12.8 Å². The van der Waals surface area contributed by atoms with Crippen molar-refractivity contribution >= 4 is 15.9 Å². The van der Waals surface area contributed by atoms with Crippen LogP contribution in [0.5, 0.6) is 0 Å². The van der Waals surface area contributed by atoms with Crippen molar-refractivity contribution in [3.63, 3.8) is 0 Å². The number of rotatable bonds is 4. The number of amides is 1. The first-order chi connectivity index (χ1) is 8.57. The Morgan fingerprint density at radius 1 is 1.37 bits per heavy atom. The molecule has 1 atom stereocenters. The molecule has 0 radical (unpaired) electrons. The Hall–Kier alpha value is -0.660. The van der Waals surface area contributed by atoms with E-state index in [1.807, 2.05) is 20.8 Å². The first-order valence-electron chi connectivity index (χ1n) is 6.57. The van der Waals surface area contributed by atoms with Crippen molar-refractivity contribution in [1.29, 1.82) is 0 Å². The van der Waals surface area contributed by atoms with Crippen LogP contribution in [0.2, 0.25) is 0 Å². The topological polar surface area (TPSA) is 78.5 Å². The molecule has 1 aliphatic rings. The average molecular weight is 291 g/mol. The quantitative estimate of drug-likeness (QED) is 0.759. The third kappa shape index (κ3) is 6.89. The number of carbonyl (C=O) groups excluding carboxylic acids is 1. The Labute approximate surface area is 116 Å². The number of nitrogens with one attached hydrogen (secondary N) is 2. The van der Waals surface area contributed by atoms with E-state index >= 15 is 0 Å². The highest BCUT2D eigenvalue weighted by molar-refractivity contribution is 7.88. The van der Waals surface area contributed by atoms with Gasteiger partial charge in [0.2, 0.25) is 15.9 Å². The summed E-state index contributed by atoms with van der Waals surface area (Å²) in [5.74, 6) is 0.0231. The van der Waals surface area contributed by atoms with Crippen LogP contribution in [0.3, 0.4) is 0 Å². The van der Waals surface area contributed by atoms with E-state index in [-0.39, 0.29) is 24.0 Å². The maximum Gasteiger partial charge on any atom is 0.236 e. The smallest absolute Gasteiger partial charge is 0.236 e. The first kappa shape index (κ1) is 16.4. The van der Waals surface area contributed by atoms with Gasteiger partial charge in [0.1, 0.15) is 0 Å². The van der Waals surface area contributed by atoms with E-state index < -0.39 is 10.0 Å². The summed E-state index contributed by atoms with van der Waals surface area (Å²) < 4.78 is 25.0. The van der Waals surface area contributed by atoms with E-state index in [4.69, 9.17) is 0 Å². The van der Waals surface area contributed by atoms with Crippen LogP contribution in [-0.4, -0.2) is 56.7 Å². The molecule has 112 valence electrons. The third-order valence-electron chi connectivity index (χ3n) is 2.92. The van der Waals surface area contributed by atoms with Gasteiger partial charge < -0.3 is 10.2 Å². The van der Waals surface area contributed by atoms with Gasteiger partial charge in [-0.05, 0) is 33.6 Å². The molecule has 1 aliphatic heterocycles. The van der Waals surface area contributed by atoms with Crippen LogP contribution in [0, 0.1) is 0 Å². The van der Waals surface area contributed by atoms with E-state index in [1.54, 1.807) is 4.90 Å². The van der Waals surface area contributed by atoms with Crippen molar-refractivity contribution < 1.29 is 13.2 Å². The minimum atomic E-state index is -3.21. The van der Waals surface area contributed by atoms with Crippen LogP contribution in [0.1, 0.15) is 33.6 Å². The summed E-state index contributed by atoms with van der Waals surface area (Å²) in [5.41, 5.74) is -0.101. The number of sulfonamides is 1. The van der Waals surface area contributed by atoms with E-state index in [0.29, 0.717) is 13.1 Å². The summed E-state index contributed by atoms with van der Waals surface area (Å²) in [6.45, 7) is 7.46. The Morgan fingerprint density at radius 2 is 2.00 bits per heavy atom. The standard InChI is InChI=1S/C12H25N3O3S/c1-12(2,3)13-8-11(16)15-7-5-6-10(9-15)14-19(4,17)18/h10,13-14H,5-9H2,1-4H3. The molecule has 0 saturated carbocycles. The predicted octanol–water partition coefficient (Wildman–Crippen LogP) is -0.0853. The highest BCUT2D eigenvalue weighted by Crippen LogP contribution is 2.11. The molecule has 1 heterocycles. The van der Waals surface area contributed by atoms with Crippen molar-refractivity contribution in [2.24, 2.45) is 0 Å². The maximum atomic E-state index is 12.0. The molecule has 6 nitrogen and oxygen atoms in total. The fourth-order valence-corrected chi connectivity index (χ4v) is 2.85. The Balaban J connectivity index is 2.48. The second kappa shape index (κ2) is 6.19. The second-order valence-electron chi connectivity index (χ2n) is 6.17. The zero-order valence-corrected chi connectivity index (χ0v) is 13.0. The van der Waals surface area contributed by atoms with Gasteiger partial charge in [-0.3, -0.25) is 4.79 Å². The summed E-state index contributed by atoms with van der Waals surface area (Å²) >= 11 is 0. The largest absolute Gasteiger partial charge is 0.340 e. The Kier molecular flexibility index (Phi) is 5.34. The molecule has 1 saturated heterocycles. The number of piperidine rings is 1. The van der Waals surface area contributed by atoms with Gasteiger partial charge in [0.15, 0.2) is 0 Å². The number of nitrogens with zero attached hydrogens (tertiary/aromatic N) is 1. The summed E-state index contributed by atoms with van der Waals surface area (Å²) in [6.07, 6.45) is 2.76. The van der Waals surface area contributed by atoms with E-state index in [2.05, 4.69) is 10.0 Å². The average Bonchev–Trinajstić information content (AvgIpc) is 2.23. The van der Waals surface area contributed by atoms with E-state index in [9.17, 15) is 13.2 Å². The first-order valence-corrected chi connectivity index (χ1v) is 8.46. The van der Waals surface area contributed by atoms with Crippen molar-refractivity contribution in [1.82, 2.24) is 14.9 Å². The molecule has 0 aromatic rings. The molecule has 1 amide bonds. The van der Waals surface area contributed by atoms with Crippen LogP contribution >= 0.6 is 0 Å². The lowest BCUT2D eigenvalue weighted by atomic mass is 10.1. The lowest BCUT2D eigenvalue weighted by Gasteiger charge is -2.33. The van der Waals surface area contributed by atoms with Gasteiger partial charge in [-0.2, -0.15) is 0 Å². The normalized spacial score (nSPS) is 21.5. The number of hydrogen-bond donors (Lipinski definition) is 2. The molecule has 1 unspecified atom stereocenters. The van der Waals surface area contributed by atoms with Crippen molar-refractivity contribution in [2.75, 3.05) is 25.9 Å². The zero-order chi connectivity index (χ0) is 14.7. The fraction of sp³-hybridized carbons (Fsp3) is 0.917. The molecule has 2 N–H and O–H groups in total. The Morgan fingerprint density at radius 3 is 2.53 bits per heavy atom. The zero-order valence-electron chi connectivity index (χ0n) is 12.2. The maximum absolute atomic E-state index is 12.0. The molecule has 0 aromatic carbocycles. The second-order valence-corrected chi connectivity index (χ2v) is 7.95. The molecular weight excluding hydrogens is 266 g/mol.